The number of anilines is 1. The second kappa shape index (κ2) is 6.37. The summed E-state index contributed by atoms with van der Waals surface area (Å²) < 4.78 is 13.3. The van der Waals surface area contributed by atoms with E-state index in [1.165, 1.54) is 6.33 Å². The van der Waals surface area contributed by atoms with Crippen molar-refractivity contribution in [3.63, 3.8) is 0 Å². The normalized spacial score (nSPS) is 23.9. The molecule has 2 atom stereocenters. The van der Waals surface area contributed by atoms with Gasteiger partial charge in [0.2, 0.25) is 0 Å². The van der Waals surface area contributed by atoms with Gasteiger partial charge in [-0.25, -0.2) is 9.50 Å². The van der Waals surface area contributed by atoms with E-state index in [-0.39, 0.29) is 25.2 Å². The van der Waals surface area contributed by atoms with Gasteiger partial charge in [-0.2, -0.15) is 5.10 Å². The Kier molecular flexibility index (Phi) is 4.42. The molecule has 0 spiro atoms. The molecule has 2 aromatic rings. The van der Waals surface area contributed by atoms with Crippen LogP contribution in [0.2, 0.25) is 0 Å². The fourth-order valence-corrected chi connectivity index (χ4v) is 3.34. The quantitative estimate of drug-likeness (QED) is 0.778. The number of rotatable bonds is 5. The van der Waals surface area contributed by atoms with E-state index in [1.54, 1.807) is 4.52 Å². The first-order chi connectivity index (χ1) is 11.5. The highest BCUT2D eigenvalue weighted by atomic mass is 16.6. The molecule has 1 aliphatic heterocycles. The number of hydrogen-bond acceptors (Lipinski definition) is 7. The zero-order valence-corrected chi connectivity index (χ0v) is 13.9. The second-order valence-electron chi connectivity index (χ2n) is 6.37. The summed E-state index contributed by atoms with van der Waals surface area (Å²) in [6, 6.07) is 3.88. The molecular formula is C16H23N5O3. The lowest BCUT2D eigenvalue weighted by Gasteiger charge is -2.33. The standard InChI is InChI=1S/C16H23N5O3/c1-10(2)16(6-5-11(24-16)8-23-14(22)7-17)13-4-3-12-15(18)19-9-20-21(12)13/h3-4,9-11H,5-8,17H2,1-2H3,(H2,18,19,20)/t11?,16-/m0/s1. The molecule has 1 fully saturated rings. The van der Waals surface area contributed by atoms with Crippen LogP contribution in [-0.4, -0.2) is 39.8 Å². The van der Waals surface area contributed by atoms with Gasteiger partial charge in [-0.05, 0) is 30.9 Å². The lowest BCUT2D eigenvalue weighted by atomic mass is 9.84. The van der Waals surface area contributed by atoms with Crippen LogP contribution in [0.4, 0.5) is 5.82 Å². The second-order valence-corrected chi connectivity index (χ2v) is 6.37. The van der Waals surface area contributed by atoms with E-state index in [0.717, 1.165) is 24.1 Å². The number of nitrogens with two attached hydrogens (primary N) is 2. The van der Waals surface area contributed by atoms with E-state index in [9.17, 15) is 4.79 Å². The zero-order valence-electron chi connectivity index (χ0n) is 13.9. The number of ether oxygens (including phenoxy) is 2. The van der Waals surface area contributed by atoms with Crippen molar-refractivity contribution >= 4 is 17.3 Å². The van der Waals surface area contributed by atoms with E-state index >= 15 is 0 Å². The summed E-state index contributed by atoms with van der Waals surface area (Å²) in [5, 5.41) is 4.33. The molecule has 4 N–H and O–H groups in total. The van der Waals surface area contributed by atoms with Crippen LogP contribution in [0.15, 0.2) is 18.5 Å². The van der Waals surface area contributed by atoms with Crippen LogP contribution >= 0.6 is 0 Å². The maximum atomic E-state index is 11.3. The number of fused-ring (bicyclic) bond motifs is 1. The van der Waals surface area contributed by atoms with Gasteiger partial charge in [0.05, 0.1) is 18.3 Å². The Hall–Kier alpha value is -2.19. The van der Waals surface area contributed by atoms with Crippen molar-refractivity contribution in [2.45, 2.75) is 38.4 Å². The minimum atomic E-state index is -0.507. The first-order valence-electron chi connectivity index (χ1n) is 8.10. The molecular weight excluding hydrogens is 310 g/mol. The van der Waals surface area contributed by atoms with Crippen LogP contribution in [0, 0.1) is 5.92 Å². The summed E-state index contributed by atoms with van der Waals surface area (Å²) in [6.07, 6.45) is 2.89. The van der Waals surface area contributed by atoms with Crippen molar-refractivity contribution in [2.24, 2.45) is 11.7 Å². The predicted octanol–water partition coefficient (Wildman–Crippen LogP) is 0.844. The maximum absolute atomic E-state index is 11.3. The summed E-state index contributed by atoms with van der Waals surface area (Å²) in [5.41, 5.74) is 12.4. The number of hydrogen-bond donors (Lipinski definition) is 2. The van der Waals surface area contributed by atoms with E-state index < -0.39 is 11.6 Å². The Labute approximate surface area is 140 Å². The molecule has 1 aliphatic rings. The van der Waals surface area contributed by atoms with Gasteiger partial charge in [0, 0.05) is 0 Å². The van der Waals surface area contributed by atoms with Crippen LogP contribution < -0.4 is 11.5 Å². The maximum Gasteiger partial charge on any atom is 0.319 e. The SMILES string of the molecule is CC(C)[C@]1(c2ccc3c(N)ncnn23)CCC(COC(=O)CN)O1. The molecule has 130 valence electrons. The third-order valence-corrected chi connectivity index (χ3v) is 4.66. The summed E-state index contributed by atoms with van der Waals surface area (Å²) in [4.78, 5) is 15.3. The van der Waals surface area contributed by atoms with Crippen LogP contribution in [0.1, 0.15) is 32.4 Å². The summed E-state index contributed by atoms with van der Waals surface area (Å²) in [7, 11) is 0. The van der Waals surface area contributed by atoms with Crippen molar-refractivity contribution in [1.29, 1.82) is 0 Å². The molecule has 1 saturated heterocycles. The molecule has 0 aromatic carbocycles. The summed E-state index contributed by atoms with van der Waals surface area (Å²) in [5.74, 6) is 0.220. The molecule has 3 heterocycles. The minimum Gasteiger partial charge on any atom is -0.462 e. The Morgan fingerprint density at radius 3 is 3.04 bits per heavy atom. The van der Waals surface area contributed by atoms with Gasteiger partial charge in [-0.15, -0.1) is 0 Å². The van der Waals surface area contributed by atoms with Gasteiger partial charge >= 0.3 is 5.97 Å². The number of carbonyl (C=O) groups is 1. The predicted molar refractivity (Wildman–Crippen MR) is 88.0 cm³/mol. The highest BCUT2D eigenvalue weighted by Crippen LogP contribution is 2.45. The Balaban J connectivity index is 1.90. The fraction of sp³-hybridized carbons (Fsp3) is 0.562. The van der Waals surface area contributed by atoms with Crippen LogP contribution in [0.5, 0.6) is 0 Å². The molecule has 24 heavy (non-hydrogen) atoms. The zero-order chi connectivity index (χ0) is 17.3. The Bertz CT molecular complexity index is 744. The fourth-order valence-electron chi connectivity index (χ4n) is 3.34. The third kappa shape index (κ3) is 2.71. The van der Waals surface area contributed by atoms with Gasteiger partial charge in [-0.1, -0.05) is 13.8 Å². The van der Waals surface area contributed by atoms with E-state index in [2.05, 4.69) is 23.9 Å². The number of esters is 1. The number of nitrogen functional groups attached to an aromatic ring is 1. The van der Waals surface area contributed by atoms with E-state index in [1.807, 2.05) is 12.1 Å². The highest BCUT2D eigenvalue weighted by molar-refractivity contribution is 5.71. The number of aromatic nitrogens is 3. The van der Waals surface area contributed by atoms with Crippen molar-refractivity contribution in [2.75, 3.05) is 18.9 Å². The van der Waals surface area contributed by atoms with Crippen LogP contribution in [-0.2, 0) is 19.9 Å². The minimum absolute atomic E-state index is 0.123. The summed E-state index contributed by atoms with van der Waals surface area (Å²) in [6.45, 7) is 4.31. The molecule has 0 amide bonds. The largest absolute Gasteiger partial charge is 0.462 e. The molecule has 0 bridgehead atoms. The number of carbonyl (C=O) groups excluding carboxylic acids is 1. The highest BCUT2D eigenvalue weighted by Gasteiger charge is 2.46. The monoisotopic (exact) mass is 333 g/mol. The summed E-state index contributed by atoms with van der Waals surface area (Å²) >= 11 is 0. The van der Waals surface area contributed by atoms with Crippen LogP contribution in [0.3, 0.4) is 0 Å². The van der Waals surface area contributed by atoms with Crippen molar-refractivity contribution < 1.29 is 14.3 Å². The van der Waals surface area contributed by atoms with E-state index in [0.29, 0.717) is 5.82 Å². The first-order valence-corrected chi connectivity index (χ1v) is 8.10. The van der Waals surface area contributed by atoms with Gasteiger partial charge < -0.3 is 20.9 Å². The molecule has 0 aliphatic carbocycles. The molecule has 1 unspecified atom stereocenters. The number of nitrogens with zero attached hydrogens (tertiary/aromatic N) is 3. The third-order valence-electron chi connectivity index (χ3n) is 4.66. The lowest BCUT2D eigenvalue weighted by Crippen LogP contribution is -2.35. The molecule has 0 radical (unpaired) electrons. The average Bonchev–Trinajstić information content (AvgIpc) is 3.18. The lowest BCUT2D eigenvalue weighted by molar-refractivity contribution is -0.150. The molecule has 8 heteroatoms. The van der Waals surface area contributed by atoms with Crippen molar-refractivity contribution in [1.82, 2.24) is 14.6 Å². The van der Waals surface area contributed by atoms with Crippen molar-refractivity contribution in [3.05, 3.63) is 24.2 Å². The average molecular weight is 333 g/mol. The van der Waals surface area contributed by atoms with Gasteiger partial charge in [0.25, 0.3) is 0 Å². The first kappa shape index (κ1) is 16.7. The molecule has 2 aromatic heterocycles. The van der Waals surface area contributed by atoms with Gasteiger partial charge in [0.1, 0.15) is 24.1 Å². The Morgan fingerprint density at radius 1 is 1.54 bits per heavy atom. The molecule has 3 rings (SSSR count). The van der Waals surface area contributed by atoms with E-state index in [4.69, 9.17) is 20.9 Å². The topological polar surface area (TPSA) is 118 Å². The smallest absolute Gasteiger partial charge is 0.319 e. The van der Waals surface area contributed by atoms with Crippen LogP contribution in [0.25, 0.3) is 5.52 Å². The Morgan fingerprint density at radius 2 is 2.33 bits per heavy atom. The van der Waals surface area contributed by atoms with Gasteiger partial charge in [0.15, 0.2) is 5.82 Å². The van der Waals surface area contributed by atoms with Crippen molar-refractivity contribution in [3.8, 4) is 0 Å². The molecule has 0 saturated carbocycles. The molecule has 8 nitrogen and oxygen atoms in total. The van der Waals surface area contributed by atoms with Gasteiger partial charge in [-0.3, -0.25) is 4.79 Å².